The van der Waals surface area contributed by atoms with Gasteiger partial charge in [0.15, 0.2) is 0 Å². The lowest BCUT2D eigenvalue weighted by Crippen LogP contribution is -2.37. The lowest BCUT2D eigenvalue weighted by molar-refractivity contribution is 0.145. The minimum atomic E-state index is 0.574. The minimum absolute atomic E-state index is 0.574. The van der Waals surface area contributed by atoms with E-state index in [1.165, 1.54) is 48.7 Å². The molecular formula is C22H27N4O. The standard InChI is InChI=1S/C22H27N4O/c1-27-14-15-8-11-26(13-15)17-4-2-16(3-5-17)18-6-9-23-20-12-25-22-19(21(18)20)7-10-24-22/h4,6-7,9-10,12,15-17H,2-3,5,8,11,13-14H2,1H3,(H,24,25). The van der Waals surface area contributed by atoms with E-state index >= 15 is 0 Å². The van der Waals surface area contributed by atoms with Crippen LogP contribution >= 0.6 is 0 Å². The van der Waals surface area contributed by atoms with Crippen molar-refractivity contribution >= 4 is 21.9 Å². The third-order valence-corrected chi connectivity index (χ3v) is 6.46. The Balaban J connectivity index is 1.35. The topological polar surface area (TPSA) is 54.0 Å². The van der Waals surface area contributed by atoms with Crippen LogP contribution in [0.3, 0.4) is 0 Å². The summed E-state index contributed by atoms with van der Waals surface area (Å²) in [4.78, 5) is 15.0. The summed E-state index contributed by atoms with van der Waals surface area (Å²) in [6.07, 6.45) is 13.3. The molecule has 4 heterocycles. The second-order valence-corrected chi connectivity index (χ2v) is 8.08. The zero-order valence-electron chi connectivity index (χ0n) is 15.9. The van der Waals surface area contributed by atoms with Gasteiger partial charge in [-0.2, -0.15) is 0 Å². The zero-order valence-corrected chi connectivity index (χ0v) is 15.9. The van der Waals surface area contributed by atoms with E-state index in [2.05, 4.69) is 38.4 Å². The van der Waals surface area contributed by atoms with Crippen molar-refractivity contribution < 1.29 is 4.74 Å². The Kier molecular flexibility index (Phi) is 4.58. The lowest BCUT2D eigenvalue weighted by Gasteiger charge is -2.35. The molecule has 1 N–H and O–H groups in total. The largest absolute Gasteiger partial charge is 0.384 e. The second-order valence-electron chi connectivity index (χ2n) is 8.08. The van der Waals surface area contributed by atoms with Crippen LogP contribution in [0.1, 0.15) is 37.2 Å². The maximum absolute atomic E-state index is 5.36. The maximum atomic E-state index is 5.36. The summed E-state index contributed by atoms with van der Waals surface area (Å²) in [6, 6.07) is 4.98. The summed E-state index contributed by atoms with van der Waals surface area (Å²) in [5, 5.41) is 2.47. The highest BCUT2D eigenvalue weighted by molar-refractivity contribution is 6.05. The van der Waals surface area contributed by atoms with Crippen molar-refractivity contribution in [3.63, 3.8) is 0 Å². The van der Waals surface area contributed by atoms with Gasteiger partial charge in [-0.05, 0) is 68.2 Å². The van der Waals surface area contributed by atoms with Crippen LogP contribution in [0.15, 0.2) is 30.7 Å². The number of nitrogens with one attached hydrogen (secondary N) is 1. The van der Waals surface area contributed by atoms with Gasteiger partial charge < -0.3 is 9.72 Å². The van der Waals surface area contributed by atoms with Crippen molar-refractivity contribution in [2.24, 2.45) is 5.92 Å². The third-order valence-electron chi connectivity index (χ3n) is 6.46. The molecule has 141 valence electrons. The highest BCUT2D eigenvalue weighted by Crippen LogP contribution is 2.39. The fraction of sp³-hybridized carbons (Fsp3) is 0.500. The number of nitrogens with zero attached hydrogens (tertiary/aromatic N) is 3. The average molecular weight is 363 g/mol. The monoisotopic (exact) mass is 363 g/mol. The smallest absolute Gasteiger partial charge is 0.137 e. The molecule has 5 nitrogen and oxygen atoms in total. The predicted molar refractivity (Wildman–Crippen MR) is 108 cm³/mol. The van der Waals surface area contributed by atoms with Crippen molar-refractivity contribution in [3.8, 4) is 0 Å². The first-order valence-electron chi connectivity index (χ1n) is 10.1. The molecule has 5 heteroatoms. The van der Waals surface area contributed by atoms with Gasteiger partial charge >= 0.3 is 0 Å². The van der Waals surface area contributed by atoms with Crippen molar-refractivity contribution in [1.82, 2.24) is 19.9 Å². The van der Waals surface area contributed by atoms with Crippen LogP contribution in [0, 0.1) is 12.3 Å². The summed E-state index contributed by atoms with van der Waals surface area (Å²) in [5.74, 6) is 1.28. The number of likely N-dealkylation sites (tertiary alicyclic amines) is 1. The summed E-state index contributed by atoms with van der Waals surface area (Å²) >= 11 is 0. The van der Waals surface area contributed by atoms with Crippen LogP contribution in [-0.4, -0.2) is 52.7 Å². The molecule has 1 saturated heterocycles. The minimum Gasteiger partial charge on any atom is -0.384 e. The van der Waals surface area contributed by atoms with Crippen LogP contribution in [0.25, 0.3) is 21.9 Å². The van der Waals surface area contributed by atoms with Gasteiger partial charge in [0.2, 0.25) is 0 Å². The Morgan fingerprint density at radius 1 is 1.22 bits per heavy atom. The Hall–Kier alpha value is -1.98. The Bertz CT molecular complexity index is 928. The van der Waals surface area contributed by atoms with Crippen molar-refractivity contribution in [3.05, 3.63) is 42.7 Å². The second kappa shape index (κ2) is 7.21. The number of pyridine rings is 2. The normalized spacial score (nSPS) is 26.9. The van der Waals surface area contributed by atoms with Gasteiger partial charge in [-0.1, -0.05) is 0 Å². The van der Waals surface area contributed by atoms with Gasteiger partial charge in [0.05, 0.1) is 18.3 Å². The first-order valence-corrected chi connectivity index (χ1v) is 10.1. The molecular weight excluding hydrogens is 336 g/mol. The predicted octanol–water partition coefficient (Wildman–Crippen LogP) is 3.92. The third kappa shape index (κ3) is 3.13. The Morgan fingerprint density at radius 2 is 2.19 bits per heavy atom. The van der Waals surface area contributed by atoms with Crippen LogP contribution in [0.5, 0.6) is 0 Å². The van der Waals surface area contributed by atoms with Crippen molar-refractivity contribution in [2.45, 2.75) is 37.6 Å². The SMILES string of the molecule is COCC1CCN(C2[CH]CC(c3ccnc4cnc5[nH]ccc5c34)CC2)C1. The number of ether oxygens (including phenoxy) is 1. The van der Waals surface area contributed by atoms with E-state index in [1.54, 1.807) is 0 Å². The fourth-order valence-electron chi connectivity index (χ4n) is 5.10. The molecule has 0 spiro atoms. The molecule has 1 saturated carbocycles. The number of hydrogen-bond donors (Lipinski definition) is 1. The van der Waals surface area contributed by atoms with E-state index in [0.717, 1.165) is 24.2 Å². The number of H-pyrrole nitrogens is 1. The van der Waals surface area contributed by atoms with Gasteiger partial charge in [0.25, 0.3) is 0 Å². The van der Waals surface area contributed by atoms with Gasteiger partial charge in [-0.25, -0.2) is 4.98 Å². The average Bonchev–Trinajstić information content (AvgIpc) is 3.37. The number of aromatic amines is 1. The molecule has 2 fully saturated rings. The number of hydrogen-bond acceptors (Lipinski definition) is 4. The molecule has 1 radical (unpaired) electrons. The van der Waals surface area contributed by atoms with E-state index < -0.39 is 0 Å². The zero-order chi connectivity index (χ0) is 18.2. The van der Waals surface area contributed by atoms with Gasteiger partial charge in [0.1, 0.15) is 5.65 Å². The van der Waals surface area contributed by atoms with Crippen LogP contribution < -0.4 is 0 Å². The van der Waals surface area contributed by atoms with E-state index in [4.69, 9.17) is 4.74 Å². The molecule has 3 atom stereocenters. The van der Waals surface area contributed by atoms with E-state index in [0.29, 0.717) is 17.9 Å². The van der Waals surface area contributed by atoms with Crippen LogP contribution in [0.2, 0.25) is 0 Å². The first kappa shape index (κ1) is 17.1. The molecule has 3 aromatic heterocycles. The summed E-state index contributed by atoms with van der Waals surface area (Å²) in [5.41, 5.74) is 3.39. The van der Waals surface area contributed by atoms with Gasteiger partial charge in [-0.3, -0.25) is 9.88 Å². The lowest BCUT2D eigenvalue weighted by atomic mass is 9.80. The van der Waals surface area contributed by atoms with Gasteiger partial charge in [0, 0.05) is 42.9 Å². The number of aromatic nitrogens is 3. The Labute approximate surface area is 160 Å². The molecule has 0 bridgehead atoms. The summed E-state index contributed by atoms with van der Waals surface area (Å²) in [6.45, 7) is 3.30. The maximum Gasteiger partial charge on any atom is 0.137 e. The van der Waals surface area contributed by atoms with Crippen LogP contribution in [-0.2, 0) is 4.74 Å². The molecule has 0 aromatic carbocycles. The molecule has 5 rings (SSSR count). The number of methoxy groups -OCH3 is 1. The van der Waals surface area contributed by atoms with E-state index in [1.807, 2.05) is 25.7 Å². The van der Waals surface area contributed by atoms with Crippen LogP contribution in [0.4, 0.5) is 0 Å². The number of fused-ring (bicyclic) bond motifs is 3. The Morgan fingerprint density at radius 3 is 3.04 bits per heavy atom. The molecule has 2 aliphatic rings. The highest BCUT2D eigenvalue weighted by Gasteiger charge is 2.32. The molecule has 3 aromatic rings. The molecule has 27 heavy (non-hydrogen) atoms. The highest BCUT2D eigenvalue weighted by atomic mass is 16.5. The summed E-state index contributed by atoms with van der Waals surface area (Å²) < 4.78 is 5.36. The molecule has 0 amide bonds. The quantitative estimate of drug-likeness (QED) is 0.763. The molecule has 1 aliphatic carbocycles. The van der Waals surface area contributed by atoms with Crippen molar-refractivity contribution in [2.75, 3.05) is 26.8 Å². The first-order chi connectivity index (χ1) is 13.3. The summed E-state index contributed by atoms with van der Waals surface area (Å²) in [7, 11) is 1.82. The molecule has 1 aliphatic heterocycles. The van der Waals surface area contributed by atoms with Crippen molar-refractivity contribution in [1.29, 1.82) is 0 Å². The van der Waals surface area contributed by atoms with E-state index in [-0.39, 0.29) is 0 Å². The van der Waals surface area contributed by atoms with Gasteiger partial charge in [-0.15, -0.1) is 0 Å². The molecule has 3 unspecified atom stereocenters. The van der Waals surface area contributed by atoms with E-state index in [9.17, 15) is 0 Å². The number of rotatable bonds is 4. The fourth-order valence-corrected chi connectivity index (χ4v) is 5.10.